The Morgan fingerprint density at radius 2 is 1.55 bits per heavy atom. The topological polar surface area (TPSA) is 54.2 Å². The molecule has 3 rings (SSSR count). The molecule has 0 aliphatic heterocycles. The van der Waals surface area contributed by atoms with Gasteiger partial charge in [-0.05, 0) is 24.6 Å². The Balaban J connectivity index is 0.00000560. The van der Waals surface area contributed by atoms with Gasteiger partial charge >= 0.3 is 6.03 Å². The van der Waals surface area contributed by atoms with Gasteiger partial charge in [-0.25, -0.2) is 4.79 Å². The summed E-state index contributed by atoms with van der Waals surface area (Å²) < 4.78 is 8.12. The number of para-hydroxylation sites is 1. The Kier molecular flexibility index (Phi) is 17.0. The Labute approximate surface area is 260 Å². The third kappa shape index (κ3) is 12.6. The van der Waals surface area contributed by atoms with Crippen LogP contribution >= 0.6 is 22.9 Å². The third-order valence-electron chi connectivity index (χ3n) is 6.93. The minimum absolute atomic E-state index is 0. The number of rotatable bonds is 18. The molecule has 0 aliphatic rings. The van der Waals surface area contributed by atoms with Gasteiger partial charge in [0.2, 0.25) is 5.01 Å². The van der Waals surface area contributed by atoms with Crippen LogP contribution in [-0.2, 0) is 6.54 Å². The predicted octanol–water partition coefficient (Wildman–Crippen LogP) is 6.77. The molecule has 0 saturated heterocycles. The molecule has 1 heterocycles. The third-order valence-corrected chi connectivity index (χ3v) is 8.08. The standard InChI is InChI=1S/C32H44ClN3O2S.BrH/c1-3-4-5-6-7-8-9-10-11-12-13-16-22-38-31-24-28(19-20-29(31)33)34-32(37)35-30-18-15-14-17-27(30)25-36-21-23-39-26(36)2;/h14-15,17-21,23-24H,3-13,16,22,25H2,1-2H3,(H-,34,35,37);1H. The predicted molar refractivity (Wildman–Crippen MR) is 165 cm³/mol. The molecule has 220 valence electrons. The van der Waals surface area contributed by atoms with Crippen LogP contribution in [0.2, 0.25) is 5.02 Å². The second-order valence-corrected chi connectivity index (χ2v) is 11.7. The number of benzene rings is 2. The lowest BCUT2D eigenvalue weighted by atomic mass is 10.1. The minimum Gasteiger partial charge on any atom is -1.00 e. The van der Waals surface area contributed by atoms with E-state index in [1.165, 1.54) is 69.2 Å². The average Bonchev–Trinajstić information content (AvgIpc) is 3.33. The summed E-state index contributed by atoms with van der Waals surface area (Å²) in [5.41, 5.74) is 2.47. The van der Waals surface area contributed by atoms with E-state index in [9.17, 15) is 4.79 Å². The summed E-state index contributed by atoms with van der Waals surface area (Å²) in [5.74, 6) is 0.599. The van der Waals surface area contributed by atoms with Gasteiger partial charge in [0, 0.05) is 24.2 Å². The zero-order chi connectivity index (χ0) is 27.7. The maximum Gasteiger partial charge on any atom is 0.323 e. The number of unbranched alkanes of at least 4 members (excludes halogenated alkanes) is 11. The highest BCUT2D eigenvalue weighted by atomic mass is 79.9. The second-order valence-electron chi connectivity index (χ2n) is 10.2. The first-order valence-electron chi connectivity index (χ1n) is 14.6. The van der Waals surface area contributed by atoms with Gasteiger partial charge < -0.3 is 32.4 Å². The fraction of sp³-hybridized carbons (Fsp3) is 0.500. The molecule has 2 N–H and O–H groups in total. The number of carbonyl (C=O) groups is 1. The van der Waals surface area contributed by atoms with E-state index < -0.39 is 0 Å². The number of anilines is 2. The van der Waals surface area contributed by atoms with Gasteiger partial charge in [0.1, 0.15) is 5.75 Å². The van der Waals surface area contributed by atoms with Gasteiger partial charge in [0.05, 0.1) is 22.7 Å². The summed E-state index contributed by atoms with van der Waals surface area (Å²) in [4.78, 5) is 12.8. The first-order valence-corrected chi connectivity index (χ1v) is 15.8. The SMILES string of the molecule is CCCCCCCCCCCCCCOc1cc(NC(=O)Nc2ccccc2C[n+]2ccsc2C)ccc1Cl.[Br-]. The van der Waals surface area contributed by atoms with Crippen LogP contribution in [0.25, 0.3) is 0 Å². The van der Waals surface area contributed by atoms with Crippen LogP contribution in [0, 0.1) is 6.92 Å². The van der Waals surface area contributed by atoms with E-state index in [1.807, 2.05) is 24.3 Å². The molecule has 0 unspecified atom stereocenters. The molecule has 0 saturated carbocycles. The number of ether oxygens (including phenoxy) is 1. The molecule has 0 spiro atoms. The maximum absolute atomic E-state index is 12.8. The number of aryl methyl sites for hydroxylation is 1. The number of carbonyl (C=O) groups excluding carboxylic acids is 1. The number of nitrogens with zero attached hydrogens (tertiary/aromatic N) is 1. The second kappa shape index (κ2) is 19.9. The molecule has 1 aromatic heterocycles. The summed E-state index contributed by atoms with van der Waals surface area (Å²) in [6.45, 7) is 5.68. The quantitative estimate of drug-likeness (QED) is 0.118. The van der Waals surface area contributed by atoms with Crippen molar-refractivity contribution >= 4 is 40.3 Å². The Hall–Kier alpha value is -2.09. The van der Waals surface area contributed by atoms with Crippen molar-refractivity contribution in [3.63, 3.8) is 0 Å². The summed E-state index contributed by atoms with van der Waals surface area (Å²) in [6.07, 6.45) is 17.8. The van der Waals surface area contributed by atoms with Crippen molar-refractivity contribution in [3.05, 3.63) is 69.6 Å². The molecule has 8 heteroatoms. The molecule has 3 aromatic rings. The first-order chi connectivity index (χ1) is 19.1. The maximum atomic E-state index is 12.8. The normalized spacial score (nSPS) is 10.7. The van der Waals surface area contributed by atoms with Gasteiger partial charge in [-0.1, -0.05) is 119 Å². The van der Waals surface area contributed by atoms with Crippen LogP contribution < -0.4 is 36.9 Å². The van der Waals surface area contributed by atoms with Crippen molar-refractivity contribution in [1.82, 2.24) is 0 Å². The molecule has 0 bridgehead atoms. The van der Waals surface area contributed by atoms with E-state index in [0.717, 1.165) is 24.1 Å². The summed E-state index contributed by atoms with van der Waals surface area (Å²) >= 11 is 8.06. The summed E-state index contributed by atoms with van der Waals surface area (Å²) in [6, 6.07) is 12.9. The monoisotopic (exact) mass is 649 g/mol. The van der Waals surface area contributed by atoms with Crippen molar-refractivity contribution < 1.29 is 31.1 Å². The van der Waals surface area contributed by atoms with E-state index in [-0.39, 0.29) is 23.0 Å². The lowest BCUT2D eigenvalue weighted by Gasteiger charge is -2.13. The highest BCUT2D eigenvalue weighted by Gasteiger charge is 2.14. The van der Waals surface area contributed by atoms with Crippen molar-refractivity contribution in [2.45, 2.75) is 97.4 Å². The fourth-order valence-electron chi connectivity index (χ4n) is 4.60. The van der Waals surface area contributed by atoms with Crippen molar-refractivity contribution in [3.8, 4) is 5.75 Å². The molecule has 0 radical (unpaired) electrons. The van der Waals surface area contributed by atoms with Crippen LogP contribution in [0.5, 0.6) is 5.75 Å². The Morgan fingerprint density at radius 1 is 0.900 bits per heavy atom. The lowest BCUT2D eigenvalue weighted by Crippen LogP contribution is -3.00. The number of urea groups is 1. The van der Waals surface area contributed by atoms with Gasteiger partial charge in [-0.3, -0.25) is 0 Å². The summed E-state index contributed by atoms with van der Waals surface area (Å²) in [5, 5.41) is 9.73. The number of halogens is 2. The Morgan fingerprint density at radius 3 is 2.20 bits per heavy atom. The smallest absolute Gasteiger partial charge is 0.323 e. The number of hydrogen-bond acceptors (Lipinski definition) is 3. The molecule has 0 aliphatic carbocycles. The van der Waals surface area contributed by atoms with Gasteiger partial charge in [-0.2, -0.15) is 4.57 Å². The molecule has 0 fully saturated rings. The summed E-state index contributed by atoms with van der Waals surface area (Å²) in [7, 11) is 0. The van der Waals surface area contributed by atoms with Crippen molar-refractivity contribution in [2.24, 2.45) is 0 Å². The number of aromatic nitrogens is 1. The molecule has 40 heavy (non-hydrogen) atoms. The van der Waals surface area contributed by atoms with E-state index in [4.69, 9.17) is 16.3 Å². The van der Waals surface area contributed by atoms with Crippen LogP contribution in [0.3, 0.4) is 0 Å². The molecular weight excluding hydrogens is 606 g/mol. The average molecular weight is 651 g/mol. The Bertz CT molecular complexity index is 1140. The zero-order valence-electron chi connectivity index (χ0n) is 24.0. The highest BCUT2D eigenvalue weighted by molar-refractivity contribution is 7.09. The lowest BCUT2D eigenvalue weighted by molar-refractivity contribution is -0.689. The number of hydrogen-bond donors (Lipinski definition) is 2. The molecular formula is C32H45BrClN3O2S. The van der Waals surface area contributed by atoms with Crippen LogP contribution in [0.1, 0.15) is 94.5 Å². The van der Waals surface area contributed by atoms with Gasteiger partial charge in [0.15, 0.2) is 12.7 Å². The first kappa shape index (κ1) is 34.1. The van der Waals surface area contributed by atoms with Crippen molar-refractivity contribution in [1.29, 1.82) is 0 Å². The van der Waals surface area contributed by atoms with Crippen molar-refractivity contribution in [2.75, 3.05) is 17.2 Å². The van der Waals surface area contributed by atoms with Gasteiger partial charge in [0.25, 0.3) is 0 Å². The molecule has 2 amide bonds. The molecule has 0 atom stereocenters. The van der Waals surface area contributed by atoms with Crippen LogP contribution in [-0.4, -0.2) is 12.6 Å². The largest absolute Gasteiger partial charge is 1.00 e. The number of thiazole rings is 1. The van der Waals surface area contributed by atoms with E-state index in [1.54, 1.807) is 29.5 Å². The van der Waals surface area contributed by atoms with E-state index in [2.05, 4.69) is 40.6 Å². The number of amides is 2. The zero-order valence-corrected chi connectivity index (χ0v) is 27.2. The minimum atomic E-state index is -0.302. The van der Waals surface area contributed by atoms with E-state index in [0.29, 0.717) is 29.6 Å². The molecule has 5 nitrogen and oxygen atoms in total. The molecule has 2 aromatic carbocycles. The van der Waals surface area contributed by atoms with E-state index >= 15 is 0 Å². The van der Waals surface area contributed by atoms with Crippen LogP contribution in [0.4, 0.5) is 16.2 Å². The highest BCUT2D eigenvalue weighted by Crippen LogP contribution is 2.28. The van der Waals surface area contributed by atoms with Gasteiger partial charge in [-0.15, -0.1) is 0 Å². The fourth-order valence-corrected chi connectivity index (χ4v) is 5.44. The number of nitrogens with one attached hydrogen (secondary N) is 2. The van der Waals surface area contributed by atoms with Crippen LogP contribution in [0.15, 0.2) is 54.0 Å².